The first-order valence-corrected chi connectivity index (χ1v) is 9.70. The van der Waals surface area contributed by atoms with Crippen molar-refractivity contribution in [2.75, 3.05) is 11.4 Å². The number of nitrogens with one attached hydrogen (secondary N) is 1. The number of alkyl halides is 3. The summed E-state index contributed by atoms with van der Waals surface area (Å²) in [5.74, 6) is -1.45. The molecule has 1 aromatic carbocycles. The van der Waals surface area contributed by atoms with E-state index >= 15 is 0 Å². The highest BCUT2D eigenvalue weighted by atomic mass is 19.4. The highest BCUT2D eigenvalue weighted by Crippen LogP contribution is 2.22. The number of amides is 1. The molecule has 30 heavy (non-hydrogen) atoms. The highest BCUT2D eigenvalue weighted by Gasteiger charge is 2.38. The first kappa shape index (κ1) is 21.8. The molecule has 1 aromatic heterocycles. The summed E-state index contributed by atoms with van der Waals surface area (Å²) >= 11 is 0. The van der Waals surface area contributed by atoms with Crippen LogP contribution in [0.4, 0.5) is 18.9 Å². The molecule has 0 bridgehead atoms. The Morgan fingerprint density at radius 1 is 1.23 bits per heavy atom. The van der Waals surface area contributed by atoms with Crippen molar-refractivity contribution in [3.05, 3.63) is 48.0 Å². The predicted molar refractivity (Wildman–Crippen MR) is 103 cm³/mol. The van der Waals surface area contributed by atoms with Crippen molar-refractivity contribution in [1.29, 1.82) is 0 Å². The fourth-order valence-electron chi connectivity index (χ4n) is 3.30. The molecule has 0 spiro atoms. The van der Waals surface area contributed by atoms with Crippen molar-refractivity contribution in [2.45, 2.75) is 51.0 Å². The number of fused-ring (bicyclic) bond motifs is 1. The average molecular weight is 424 g/mol. The number of carboxylic acid groups (broad SMARTS) is 1. The molecule has 3 heterocycles. The zero-order chi connectivity index (χ0) is 21.7. The van der Waals surface area contributed by atoms with E-state index in [2.05, 4.69) is 16.1 Å². The molecule has 0 aliphatic carbocycles. The van der Waals surface area contributed by atoms with Crippen LogP contribution in [0.5, 0.6) is 0 Å². The third-order valence-corrected chi connectivity index (χ3v) is 4.98. The molecule has 2 N–H and O–H groups in total. The monoisotopic (exact) mass is 424 g/mol. The summed E-state index contributed by atoms with van der Waals surface area (Å²) in [7, 11) is 0. The molecule has 2 aliphatic rings. The number of nitrogens with zero attached hydrogens (tertiary/aromatic N) is 3. The molecule has 1 amide bonds. The number of para-hydroxylation sites is 1. The van der Waals surface area contributed by atoms with Gasteiger partial charge in [0.25, 0.3) is 0 Å². The van der Waals surface area contributed by atoms with Crippen LogP contribution in [0.1, 0.15) is 30.8 Å². The fourth-order valence-corrected chi connectivity index (χ4v) is 3.30. The Balaban J connectivity index is 0.000000318. The van der Waals surface area contributed by atoms with Gasteiger partial charge in [0, 0.05) is 24.8 Å². The Kier molecular flexibility index (Phi) is 6.76. The molecule has 10 heteroatoms. The largest absolute Gasteiger partial charge is 0.490 e. The molecule has 162 valence electrons. The van der Waals surface area contributed by atoms with Gasteiger partial charge < -0.3 is 19.9 Å². The summed E-state index contributed by atoms with van der Waals surface area (Å²) in [5, 5.41) is 10.3. The van der Waals surface area contributed by atoms with Crippen LogP contribution >= 0.6 is 0 Å². The maximum atomic E-state index is 12.8. The number of hydrogen-bond donors (Lipinski definition) is 2. The summed E-state index contributed by atoms with van der Waals surface area (Å²) < 4.78 is 34.0. The highest BCUT2D eigenvalue weighted by molar-refractivity contribution is 5.97. The number of halogens is 3. The molecular weight excluding hydrogens is 401 g/mol. The Labute approximate surface area is 171 Å². The number of aryl methyl sites for hydroxylation is 2. The molecule has 0 saturated carbocycles. The summed E-state index contributed by atoms with van der Waals surface area (Å²) in [4.78, 5) is 28.3. The number of aromatic nitrogens is 2. The number of hydrogen-bond acceptors (Lipinski definition) is 4. The van der Waals surface area contributed by atoms with E-state index < -0.39 is 12.1 Å². The first-order valence-electron chi connectivity index (χ1n) is 9.70. The van der Waals surface area contributed by atoms with Gasteiger partial charge in [0.15, 0.2) is 0 Å². The summed E-state index contributed by atoms with van der Waals surface area (Å²) in [5.41, 5.74) is 1.93. The van der Waals surface area contributed by atoms with Gasteiger partial charge in [0.1, 0.15) is 5.82 Å². The first-order chi connectivity index (χ1) is 14.3. The van der Waals surface area contributed by atoms with E-state index in [0.29, 0.717) is 6.54 Å². The lowest BCUT2D eigenvalue weighted by atomic mass is 10.1. The molecule has 1 atom stereocenters. The zero-order valence-corrected chi connectivity index (χ0v) is 16.2. The molecule has 0 unspecified atom stereocenters. The van der Waals surface area contributed by atoms with Crippen molar-refractivity contribution < 1.29 is 27.9 Å². The molecule has 1 fully saturated rings. The van der Waals surface area contributed by atoms with E-state index in [9.17, 15) is 18.0 Å². The number of imidazole rings is 1. The van der Waals surface area contributed by atoms with Crippen molar-refractivity contribution in [1.82, 2.24) is 14.9 Å². The fraction of sp³-hybridized carbons (Fsp3) is 0.450. The van der Waals surface area contributed by atoms with Crippen LogP contribution in [0.15, 0.2) is 36.5 Å². The maximum absolute atomic E-state index is 12.8. The lowest BCUT2D eigenvalue weighted by Gasteiger charge is -2.32. The van der Waals surface area contributed by atoms with Crippen LogP contribution in [-0.4, -0.2) is 45.3 Å². The molecule has 4 rings (SSSR count). The van der Waals surface area contributed by atoms with Crippen LogP contribution in [-0.2, 0) is 29.1 Å². The van der Waals surface area contributed by atoms with Gasteiger partial charge in [0.2, 0.25) is 5.91 Å². The lowest BCUT2D eigenvalue weighted by Crippen LogP contribution is -2.54. The summed E-state index contributed by atoms with van der Waals surface area (Å²) in [6.45, 7) is 2.52. The van der Waals surface area contributed by atoms with E-state index in [-0.39, 0.29) is 11.9 Å². The molecule has 1 saturated heterocycles. The third-order valence-electron chi connectivity index (χ3n) is 4.98. The van der Waals surface area contributed by atoms with Gasteiger partial charge in [-0.25, -0.2) is 9.78 Å². The van der Waals surface area contributed by atoms with Crippen LogP contribution < -0.4 is 10.2 Å². The number of rotatable bonds is 4. The predicted octanol–water partition coefficient (Wildman–Crippen LogP) is 2.75. The second kappa shape index (κ2) is 9.29. The SMILES string of the molecule is O=C(O)C(F)(F)F.O=C([C@H]1CCN1)N(Cc1cn2c(n1)CCCC2)c1ccccc1. The van der Waals surface area contributed by atoms with Crippen molar-refractivity contribution >= 4 is 17.6 Å². The van der Waals surface area contributed by atoms with E-state index in [1.165, 1.54) is 12.8 Å². The maximum Gasteiger partial charge on any atom is 0.490 e. The van der Waals surface area contributed by atoms with Gasteiger partial charge in [-0.2, -0.15) is 13.2 Å². The minimum atomic E-state index is -5.08. The second-order valence-corrected chi connectivity index (χ2v) is 7.16. The lowest BCUT2D eigenvalue weighted by molar-refractivity contribution is -0.192. The Morgan fingerprint density at radius 3 is 2.43 bits per heavy atom. The number of anilines is 1. The number of carbonyl (C=O) groups excluding carboxylic acids is 1. The molecular formula is C20H23F3N4O3. The van der Waals surface area contributed by atoms with E-state index in [0.717, 1.165) is 43.1 Å². The van der Waals surface area contributed by atoms with Crippen LogP contribution in [0.2, 0.25) is 0 Å². The van der Waals surface area contributed by atoms with Gasteiger partial charge in [-0.1, -0.05) is 18.2 Å². The quantitative estimate of drug-likeness (QED) is 0.788. The minimum absolute atomic E-state index is 0.0487. The van der Waals surface area contributed by atoms with Gasteiger partial charge >= 0.3 is 12.1 Å². The van der Waals surface area contributed by atoms with Crippen molar-refractivity contribution in [3.63, 3.8) is 0 Å². The van der Waals surface area contributed by atoms with Crippen molar-refractivity contribution in [3.8, 4) is 0 Å². The van der Waals surface area contributed by atoms with E-state index in [1.807, 2.05) is 35.2 Å². The van der Waals surface area contributed by atoms with Gasteiger partial charge in [-0.05, 0) is 37.9 Å². The minimum Gasteiger partial charge on any atom is -0.475 e. The normalized spacial score (nSPS) is 17.8. The number of carboxylic acids is 1. The smallest absolute Gasteiger partial charge is 0.475 e. The third kappa shape index (κ3) is 5.38. The van der Waals surface area contributed by atoms with Crippen molar-refractivity contribution in [2.24, 2.45) is 0 Å². The van der Waals surface area contributed by atoms with Gasteiger partial charge in [-0.3, -0.25) is 4.79 Å². The Morgan fingerprint density at radius 2 is 1.90 bits per heavy atom. The molecule has 2 aliphatic heterocycles. The van der Waals surface area contributed by atoms with Gasteiger partial charge in [-0.15, -0.1) is 0 Å². The second-order valence-electron chi connectivity index (χ2n) is 7.16. The number of benzene rings is 1. The summed E-state index contributed by atoms with van der Waals surface area (Å²) in [6.07, 6.45) is 1.43. The van der Waals surface area contributed by atoms with Gasteiger partial charge in [0.05, 0.1) is 18.3 Å². The number of aliphatic carboxylic acids is 1. The topological polar surface area (TPSA) is 87.5 Å². The molecule has 7 nitrogen and oxygen atoms in total. The molecule has 2 aromatic rings. The zero-order valence-electron chi connectivity index (χ0n) is 16.2. The van der Waals surface area contributed by atoms with E-state index in [4.69, 9.17) is 14.9 Å². The number of carbonyl (C=O) groups is 2. The molecule has 0 radical (unpaired) electrons. The van der Waals surface area contributed by atoms with Crippen LogP contribution in [0.3, 0.4) is 0 Å². The summed E-state index contributed by atoms with van der Waals surface area (Å²) in [6, 6.07) is 9.86. The standard InChI is InChI=1S/C18H22N4O.C2HF3O2/c23-18(16-9-10-19-16)22(15-6-2-1-3-7-15)13-14-12-21-11-5-4-8-17(21)20-14;3-2(4,5)1(6)7/h1-3,6-7,12,16,19H,4-5,8-11,13H2;(H,6,7)/t16-;/m1./s1. The Bertz CT molecular complexity index is 856. The van der Waals surface area contributed by atoms with Crippen LogP contribution in [0, 0.1) is 0 Å². The van der Waals surface area contributed by atoms with Crippen LogP contribution in [0.25, 0.3) is 0 Å². The average Bonchev–Trinajstić information content (AvgIpc) is 3.07. The van der Waals surface area contributed by atoms with E-state index in [1.54, 1.807) is 0 Å². The Hall–Kier alpha value is -2.88.